The van der Waals surface area contributed by atoms with E-state index in [0.717, 1.165) is 35.2 Å². The van der Waals surface area contributed by atoms with Gasteiger partial charge in [0, 0.05) is 10.4 Å². The maximum absolute atomic E-state index is 13.5. The Kier molecular flexibility index (Phi) is 6.81. The molecule has 4 aromatic rings. The quantitative estimate of drug-likeness (QED) is 0.331. The molecule has 0 bridgehead atoms. The maximum Gasteiger partial charge on any atom is 0.238 e. The first-order chi connectivity index (χ1) is 15.6. The molecule has 0 atom stereocenters. The summed E-state index contributed by atoms with van der Waals surface area (Å²) in [4.78, 5) is 19.6. The Morgan fingerprint density at radius 2 is 1.56 bits per heavy atom. The summed E-state index contributed by atoms with van der Waals surface area (Å²) >= 11 is 1.59. The summed E-state index contributed by atoms with van der Waals surface area (Å²) in [5, 5.41) is 3.79. The predicted molar refractivity (Wildman–Crippen MR) is 134 cm³/mol. The summed E-state index contributed by atoms with van der Waals surface area (Å²) in [5.41, 5.74) is 6.48. The molecule has 1 heterocycles. The highest BCUT2D eigenvalue weighted by Gasteiger charge is 2.24. The van der Waals surface area contributed by atoms with E-state index in [9.17, 15) is 4.79 Å². The molecule has 32 heavy (non-hydrogen) atoms. The minimum absolute atomic E-state index is 0.0632. The van der Waals surface area contributed by atoms with Gasteiger partial charge in [-0.3, -0.25) is 4.79 Å². The van der Waals surface area contributed by atoms with Crippen LogP contribution in [-0.2, 0) is 11.2 Å². The normalized spacial score (nSPS) is 11.0. The topological polar surface area (TPSA) is 42.0 Å². The molecule has 0 radical (unpaired) electrons. The number of aromatic nitrogens is 1. The van der Waals surface area contributed by atoms with Crippen LogP contribution in [0.15, 0.2) is 78.9 Å². The van der Waals surface area contributed by atoms with Gasteiger partial charge in [-0.1, -0.05) is 91.7 Å². The number of hydrogen-bond acceptors (Lipinski definition) is 3. The number of nitrogens with zero attached hydrogens (tertiary/aromatic N) is 1. The third-order valence-electron chi connectivity index (χ3n) is 5.58. The minimum atomic E-state index is -0.389. The molecule has 0 saturated heterocycles. The number of aryl methyl sites for hydroxylation is 3. The van der Waals surface area contributed by atoms with Crippen LogP contribution in [0.2, 0.25) is 0 Å². The van der Waals surface area contributed by atoms with Crippen molar-refractivity contribution in [2.24, 2.45) is 0 Å². The van der Waals surface area contributed by atoms with E-state index in [1.165, 1.54) is 16.0 Å². The number of carbonyl (C=O) groups excluding carboxylic acids is 1. The number of benzene rings is 3. The van der Waals surface area contributed by atoms with Gasteiger partial charge in [0.2, 0.25) is 5.91 Å². The summed E-state index contributed by atoms with van der Waals surface area (Å²) in [6, 6.07) is 26.3. The van der Waals surface area contributed by atoms with Crippen LogP contribution in [0.5, 0.6) is 0 Å². The molecule has 4 rings (SSSR count). The van der Waals surface area contributed by atoms with Crippen molar-refractivity contribution in [2.45, 2.75) is 39.5 Å². The first kappa shape index (κ1) is 22.0. The third kappa shape index (κ3) is 4.81. The second kappa shape index (κ2) is 9.92. The van der Waals surface area contributed by atoms with Gasteiger partial charge < -0.3 is 5.32 Å². The molecule has 4 heteroatoms. The monoisotopic (exact) mass is 440 g/mol. The van der Waals surface area contributed by atoms with Gasteiger partial charge in [-0.05, 0) is 43.0 Å². The van der Waals surface area contributed by atoms with Gasteiger partial charge in [0.15, 0.2) is 5.13 Å². The molecule has 3 aromatic carbocycles. The number of anilines is 1. The molecule has 0 unspecified atom stereocenters. The second-order valence-corrected chi connectivity index (χ2v) is 9.19. The van der Waals surface area contributed by atoms with E-state index in [1.54, 1.807) is 11.3 Å². The average molecular weight is 441 g/mol. The second-order valence-electron chi connectivity index (χ2n) is 8.10. The van der Waals surface area contributed by atoms with E-state index in [2.05, 4.69) is 44.3 Å². The van der Waals surface area contributed by atoms with Gasteiger partial charge in [0.25, 0.3) is 0 Å². The maximum atomic E-state index is 13.5. The molecular weight excluding hydrogens is 412 g/mol. The van der Waals surface area contributed by atoms with Crippen molar-refractivity contribution in [3.8, 4) is 11.3 Å². The van der Waals surface area contributed by atoms with Crippen molar-refractivity contribution >= 4 is 22.4 Å². The molecule has 1 aromatic heterocycles. The van der Waals surface area contributed by atoms with Crippen molar-refractivity contribution in [1.82, 2.24) is 4.98 Å². The fourth-order valence-electron chi connectivity index (χ4n) is 3.97. The van der Waals surface area contributed by atoms with E-state index in [0.29, 0.717) is 5.13 Å². The van der Waals surface area contributed by atoms with Gasteiger partial charge >= 0.3 is 0 Å². The molecule has 162 valence electrons. The Labute approximate surface area is 194 Å². The van der Waals surface area contributed by atoms with Gasteiger partial charge in [-0.15, -0.1) is 11.3 Å². The third-order valence-corrected chi connectivity index (χ3v) is 6.61. The van der Waals surface area contributed by atoms with Crippen LogP contribution in [0.25, 0.3) is 11.3 Å². The van der Waals surface area contributed by atoms with E-state index in [-0.39, 0.29) is 11.8 Å². The van der Waals surface area contributed by atoms with Gasteiger partial charge in [0.1, 0.15) is 0 Å². The molecule has 0 saturated carbocycles. The Bertz CT molecular complexity index is 1160. The molecule has 1 N–H and O–H groups in total. The van der Waals surface area contributed by atoms with Gasteiger partial charge in [0.05, 0.1) is 11.6 Å². The van der Waals surface area contributed by atoms with Crippen LogP contribution in [0.1, 0.15) is 46.4 Å². The number of amides is 1. The first-order valence-electron chi connectivity index (χ1n) is 11.0. The number of hydrogen-bond donors (Lipinski definition) is 1. The van der Waals surface area contributed by atoms with Crippen LogP contribution in [-0.4, -0.2) is 10.9 Å². The van der Waals surface area contributed by atoms with Crippen molar-refractivity contribution in [3.05, 3.63) is 106 Å². The molecule has 0 aliphatic rings. The minimum Gasteiger partial charge on any atom is -0.301 e. The van der Waals surface area contributed by atoms with Crippen LogP contribution >= 0.6 is 11.3 Å². The molecule has 0 aliphatic carbocycles. The largest absolute Gasteiger partial charge is 0.301 e. The summed E-state index contributed by atoms with van der Waals surface area (Å²) < 4.78 is 0. The van der Waals surface area contributed by atoms with Gasteiger partial charge in [-0.2, -0.15) is 0 Å². The lowest BCUT2D eigenvalue weighted by Crippen LogP contribution is -2.22. The van der Waals surface area contributed by atoms with Crippen LogP contribution in [0.4, 0.5) is 5.13 Å². The van der Waals surface area contributed by atoms with E-state index < -0.39 is 0 Å². The van der Waals surface area contributed by atoms with Crippen molar-refractivity contribution in [2.75, 3.05) is 5.32 Å². The Hall–Kier alpha value is -3.24. The van der Waals surface area contributed by atoms with Crippen molar-refractivity contribution in [3.63, 3.8) is 0 Å². The fraction of sp³-hybridized carbons (Fsp3) is 0.214. The van der Waals surface area contributed by atoms with Crippen molar-refractivity contribution in [1.29, 1.82) is 0 Å². The molecule has 0 spiro atoms. The van der Waals surface area contributed by atoms with Gasteiger partial charge in [-0.25, -0.2) is 4.98 Å². The summed E-state index contributed by atoms with van der Waals surface area (Å²) in [6.07, 6.45) is 1.97. The number of nitrogens with one attached hydrogen (secondary N) is 1. The molecule has 3 nitrogen and oxygen atoms in total. The summed E-state index contributed by atoms with van der Waals surface area (Å²) in [7, 11) is 0. The van der Waals surface area contributed by atoms with Crippen LogP contribution in [0.3, 0.4) is 0 Å². The Balaban J connectivity index is 1.69. The Morgan fingerprint density at radius 1 is 0.938 bits per heavy atom. The smallest absolute Gasteiger partial charge is 0.238 e. The predicted octanol–water partition coefficient (Wildman–Crippen LogP) is 7.15. The molecule has 0 aliphatic heterocycles. The van der Waals surface area contributed by atoms with E-state index in [1.807, 2.05) is 60.7 Å². The van der Waals surface area contributed by atoms with E-state index in [4.69, 9.17) is 4.98 Å². The van der Waals surface area contributed by atoms with Crippen LogP contribution < -0.4 is 5.32 Å². The average Bonchev–Trinajstić information content (AvgIpc) is 3.19. The highest BCUT2D eigenvalue weighted by molar-refractivity contribution is 7.16. The standard InChI is InChI=1S/C28H28N2OS/c1-4-11-24-26(23-18-19(2)16-17-20(23)3)29-28(32-24)30-27(31)25(21-12-7-5-8-13-21)22-14-9-6-10-15-22/h5-10,12-18,25H,4,11H2,1-3H3,(H,29,30,31). The zero-order valence-electron chi connectivity index (χ0n) is 18.8. The van der Waals surface area contributed by atoms with E-state index >= 15 is 0 Å². The highest BCUT2D eigenvalue weighted by atomic mass is 32.1. The SMILES string of the molecule is CCCc1sc(NC(=O)C(c2ccccc2)c2ccccc2)nc1-c1cc(C)ccc1C. The summed E-state index contributed by atoms with van der Waals surface area (Å²) in [6.45, 7) is 6.39. The number of rotatable bonds is 7. The number of carbonyl (C=O) groups is 1. The molecule has 1 amide bonds. The summed E-state index contributed by atoms with van der Waals surface area (Å²) in [5.74, 6) is -0.452. The highest BCUT2D eigenvalue weighted by Crippen LogP contribution is 2.35. The van der Waals surface area contributed by atoms with Crippen LogP contribution in [0, 0.1) is 13.8 Å². The molecule has 0 fully saturated rings. The molecular formula is C28H28N2OS. The zero-order valence-corrected chi connectivity index (χ0v) is 19.6. The lowest BCUT2D eigenvalue weighted by atomic mass is 9.90. The lowest BCUT2D eigenvalue weighted by molar-refractivity contribution is -0.116. The van der Waals surface area contributed by atoms with Crippen molar-refractivity contribution < 1.29 is 4.79 Å². The zero-order chi connectivity index (χ0) is 22.5. The Morgan fingerprint density at radius 3 is 2.16 bits per heavy atom. The number of thiazole rings is 1. The fourth-order valence-corrected chi connectivity index (χ4v) is 5.05. The lowest BCUT2D eigenvalue weighted by Gasteiger charge is -2.17. The first-order valence-corrected chi connectivity index (χ1v) is 11.9.